The number of aromatic nitrogens is 1. The number of oxazole rings is 1. The van der Waals surface area contributed by atoms with Gasteiger partial charge in [0, 0.05) is 33.1 Å². The minimum Gasteiger partial charge on any atom is -0.435 e. The van der Waals surface area contributed by atoms with E-state index in [9.17, 15) is 0 Å². The predicted molar refractivity (Wildman–Crippen MR) is 230 cm³/mol. The first-order valence-corrected chi connectivity index (χ1v) is 19.0. The Hall–Kier alpha value is -6.97. The summed E-state index contributed by atoms with van der Waals surface area (Å²) < 4.78 is 6.61. The van der Waals surface area contributed by atoms with Crippen LogP contribution in [-0.4, -0.2) is 4.98 Å². The second-order valence-corrected chi connectivity index (χ2v) is 15.2. The van der Waals surface area contributed by atoms with E-state index in [1.807, 2.05) is 30.3 Å². The van der Waals surface area contributed by atoms with E-state index in [2.05, 4.69) is 170 Å². The van der Waals surface area contributed by atoms with E-state index in [1.54, 1.807) is 0 Å². The zero-order valence-corrected chi connectivity index (χ0v) is 30.6. The van der Waals surface area contributed by atoms with Gasteiger partial charge < -0.3 is 9.32 Å². The molecule has 1 heterocycles. The normalized spacial score (nSPS) is 13.1. The average Bonchev–Trinajstić information content (AvgIpc) is 3.78. The van der Waals surface area contributed by atoms with Crippen LogP contribution >= 0.6 is 0 Å². The van der Waals surface area contributed by atoms with Crippen LogP contribution in [0.2, 0.25) is 0 Å². The third-order valence-electron chi connectivity index (χ3n) is 11.6. The number of benzene rings is 9. The molecule has 0 atom stereocenters. The van der Waals surface area contributed by atoms with Crippen molar-refractivity contribution >= 4 is 60.5 Å². The molecule has 3 heteroatoms. The predicted octanol–water partition coefficient (Wildman–Crippen LogP) is 14.4. The summed E-state index contributed by atoms with van der Waals surface area (Å²) in [7, 11) is 0. The summed E-state index contributed by atoms with van der Waals surface area (Å²) in [6.45, 7) is 4.73. The van der Waals surface area contributed by atoms with Gasteiger partial charge in [-0.3, -0.25) is 0 Å². The highest BCUT2D eigenvalue weighted by molar-refractivity contribution is 6.26. The van der Waals surface area contributed by atoms with Crippen molar-refractivity contribution < 1.29 is 4.42 Å². The molecule has 1 aliphatic carbocycles. The molecule has 0 saturated heterocycles. The Labute approximate surface area is 319 Å². The quantitative estimate of drug-likeness (QED) is 0.167. The fourth-order valence-electron chi connectivity index (χ4n) is 9.04. The van der Waals surface area contributed by atoms with Crippen LogP contribution in [0.5, 0.6) is 0 Å². The van der Waals surface area contributed by atoms with Crippen molar-refractivity contribution in [1.82, 2.24) is 4.98 Å². The molecule has 1 aromatic heterocycles. The Morgan fingerprint density at radius 1 is 0.491 bits per heavy atom. The van der Waals surface area contributed by atoms with Crippen molar-refractivity contribution in [2.24, 2.45) is 0 Å². The van der Waals surface area contributed by atoms with Crippen molar-refractivity contribution in [3.8, 4) is 33.7 Å². The number of fused-ring (bicyclic) bond motifs is 10. The third kappa shape index (κ3) is 4.86. The molecule has 0 spiro atoms. The summed E-state index contributed by atoms with van der Waals surface area (Å²) in [4.78, 5) is 7.38. The third-order valence-corrected chi connectivity index (χ3v) is 11.6. The zero-order chi connectivity index (χ0) is 36.7. The van der Waals surface area contributed by atoms with Crippen LogP contribution < -0.4 is 4.90 Å². The van der Waals surface area contributed by atoms with Gasteiger partial charge in [0.05, 0.1) is 5.69 Å². The lowest BCUT2D eigenvalue weighted by Gasteiger charge is -2.32. The smallest absolute Gasteiger partial charge is 0.227 e. The van der Waals surface area contributed by atoms with Crippen LogP contribution in [0.3, 0.4) is 0 Å². The van der Waals surface area contributed by atoms with E-state index in [1.165, 1.54) is 60.6 Å². The molecule has 55 heavy (non-hydrogen) atoms. The summed E-state index contributed by atoms with van der Waals surface area (Å²) in [6.07, 6.45) is 0. The summed E-state index contributed by atoms with van der Waals surface area (Å²) in [5, 5.41) is 6.93. The Balaban J connectivity index is 1.13. The van der Waals surface area contributed by atoms with E-state index in [0.29, 0.717) is 5.89 Å². The average molecular weight is 705 g/mol. The molecule has 0 saturated carbocycles. The highest BCUT2D eigenvalue weighted by atomic mass is 16.3. The molecule has 0 radical (unpaired) electrons. The molecule has 0 amide bonds. The molecule has 0 N–H and O–H groups in total. The lowest BCUT2D eigenvalue weighted by molar-refractivity contribution is 0.623. The SMILES string of the molecule is CC1(C)c2ccccc2-c2cccc(N(c3ccc(-c4ccccc4)cc3)c3ccc4c(ccc5ccc6ccc7nc(-c8ccccc8)oc7c6c54)c3)c21. The van der Waals surface area contributed by atoms with Gasteiger partial charge in [-0.1, -0.05) is 147 Å². The molecule has 3 nitrogen and oxygen atoms in total. The molecular formula is C52H36N2O. The molecular weight excluding hydrogens is 669 g/mol. The van der Waals surface area contributed by atoms with Gasteiger partial charge in [-0.05, 0) is 103 Å². The van der Waals surface area contributed by atoms with Crippen LogP contribution in [-0.2, 0) is 5.41 Å². The molecule has 0 aliphatic heterocycles. The molecule has 10 aromatic rings. The number of hydrogen-bond acceptors (Lipinski definition) is 3. The first kappa shape index (κ1) is 31.5. The number of anilines is 3. The highest BCUT2D eigenvalue weighted by Gasteiger charge is 2.38. The van der Waals surface area contributed by atoms with Crippen molar-refractivity contribution in [2.45, 2.75) is 19.3 Å². The van der Waals surface area contributed by atoms with Crippen LogP contribution in [0.25, 0.3) is 77.1 Å². The number of rotatable bonds is 5. The van der Waals surface area contributed by atoms with Crippen molar-refractivity contribution in [1.29, 1.82) is 0 Å². The van der Waals surface area contributed by atoms with E-state index >= 15 is 0 Å². The Morgan fingerprint density at radius 2 is 1.11 bits per heavy atom. The molecule has 0 fully saturated rings. The number of hydrogen-bond donors (Lipinski definition) is 0. The van der Waals surface area contributed by atoms with Gasteiger partial charge in [-0.25, -0.2) is 4.98 Å². The lowest BCUT2D eigenvalue weighted by atomic mass is 9.81. The van der Waals surface area contributed by atoms with Gasteiger partial charge in [0.2, 0.25) is 5.89 Å². The Kier molecular flexibility index (Phi) is 6.90. The summed E-state index contributed by atoms with van der Waals surface area (Å²) in [5.41, 5.74) is 13.6. The van der Waals surface area contributed by atoms with Crippen LogP contribution in [0.15, 0.2) is 186 Å². The van der Waals surface area contributed by atoms with Gasteiger partial charge in [0.15, 0.2) is 5.58 Å². The first-order chi connectivity index (χ1) is 27.0. The van der Waals surface area contributed by atoms with E-state index in [-0.39, 0.29) is 5.41 Å². The maximum atomic E-state index is 6.61. The maximum Gasteiger partial charge on any atom is 0.227 e. The second-order valence-electron chi connectivity index (χ2n) is 15.2. The summed E-state index contributed by atoms with van der Waals surface area (Å²) in [5.74, 6) is 0.636. The van der Waals surface area contributed by atoms with Crippen molar-refractivity contribution in [3.63, 3.8) is 0 Å². The molecule has 0 bridgehead atoms. The molecule has 1 aliphatic rings. The van der Waals surface area contributed by atoms with E-state index in [4.69, 9.17) is 9.40 Å². The molecule has 0 unspecified atom stereocenters. The van der Waals surface area contributed by atoms with Gasteiger partial charge in [-0.15, -0.1) is 0 Å². The van der Waals surface area contributed by atoms with Gasteiger partial charge in [0.25, 0.3) is 0 Å². The lowest BCUT2D eigenvalue weighted by Crippen LogP contribution is -2.20. The zero-order valence-electron chi connectivity index (χ0n) is 30.6. The number of nitrogens with zero attached hydrogens (tertiary/aromatic N) is 2. The van der Waals surface area contributed by atoms with Crippen LogP contribution in [0.1, 0.15) is 25.0 Å². The van der Waals surface area contributed by atoms with Crippen molar-refractivity contribution in [2.75, 3.05) is 4.90 Å². The second kappa shape index (κ2) is 12.0. The summed E-state index contributed by atoms with van der Waals surface area (Å²) in [6, 6.07) is 65.5. The minimum absolute atomic E-state index is 0.183. The van der Waals surface area contributed by atoms with E-state index < -0.39 is 0 Å². The standard InChI is InChI=1S/C52H36N2O/c1-52(2)44-18-10-9-16-42(44)43-17-11-19-46(49(43)52)54(39-27-24-34(25-28-39)33-12-5-3-6-13-33)40-29-30-41-38(32-40)23-22-35-20-21-36-26-31-45-50(48(36)47(35)41)55-51(53-45)37-14-7-4-8-15-37/h3-32H,1-2H3. The van der Waals surface area contributed by atoms with Gasteiger partial charge in [-0.2, -0.15) is 0 Å². The highest BCUT2D eigenvalue weighted by Crippen LogP contribution is 2.54. The molecule has 11 rings (SSSR count). The minimum atomic E-state index is -0.183. The fourth-order valence-corrected chi connectivity index (χ4v) is 9.04. The van der Waals surface area contributed by atoms with Crippen LogP contribution in [0, 0.1) is 0 Å². The topological polar surface area (TPSA) is 29.3 Å². The van der Waals surface area contributed by atoms with Crippen molar-refractivity contribution in [3.05, 3.63) is 193 Å². The van der Waals surface area contributed by atoms with Crippen LogP contribution in [0.4, 0.5) is 17.1 Å². The fraction of sp³-hybridized carbons (Fsp3) is 0.0577. The maximum absolute atomic E-state index is 6.61. The Bertz CT molecular complexity index is 3110. The Morgan fingerprint density at radius 3 is 1.89 bits per heavy atom. The monoisotopic (exact) mass is 704 g/mol. The van der Waals surface area contributed by atoms with Gasteiger partial charge >= 0.3 is 0 Å². The van der Waals surface area contributed by atoms with E-state index in [0.717, 1.165) is 38.8 Å². The summed E-state index contributed by atoms with van der Waals surface area (Å²) >= 11 is 0. The molecule has 9 aromatic carbocycles. The largest absolute Gasteiger partial charge is 0.435 e. The molecule has 260 valence electrons. The van der Waals surface area contributed by atoms with Gasteiger partial charge in [0.1, 0.15) is 5.52 Å². The first-order valence-electron chi connectivity index (χ1n) is 19.0.